The second-order valence-corrected chi connectivity index (χ2v) is 4.85. The van der Waals surface area contributed by atoms with Crippen molar-refractivity contribution in [1.82, 2.24) is 4.90 Å². The van der Waals surface area contributed by atoms with Crippen LogP contribution in [0.15, 0.2) is 24.3 Å². The van der Waals surface area contributed by atoms with Crippen LogP contribution in [0, 0.1) is 11.7 Å². The van der Waals surface area contributed by atoms with Crippen molar-refractivity contribution in [3.63, 3.8) is 0 Å². The molecule has 1 rings (SSSR count). The van der Waals surface area contributed by atoms with Crippen LogP contribution in [-0.4, -0.2) is 48.7 Å². The second-order valence-electron chi connectivity index (χ2n) is 4.85. The van der Waals surface area contributed by atoms with Gasteiger partial charge in [-0.2, -0.15) is 0 Å². The molecule has 0 aliphatic heterocycles. The van der Waals surface area contributed by atoms with E-state index in [2.05, 4.69) is 0 Å². The predicted molar refractivity (Wildman–Crippen MR) is 75.6 cm³/mol. The first-order valence-electron chi connectivity index (χ1n) is 6.72. The zero-order valence-corrected chi connectivity index (χ0v) is 12.2. The monoisotopic (exact) mass is 297 g/mol. The fourth-order valence-electron chi connectivity index (χ4n) is 1.89. The second kappa shape index (κ2) is 8.36. The fourth-order valence-corrected chi connectivity index (χ4v) is 1.89. The molecule has 0 saturated heterocycles. The Morgan fingerprint density at radius 3 is 2.71 bits per heavy atom. The van der Waals surface area contributed by atoms with Crippen molar-refractivity contribution in [2.24, 2.45) is 5.92 Å². The number of benzene rings is 1. The van der Waals surface area contributed by atoms with Crippen molar-refractivity contribution >= 4 is 11.9 Å². The summed E-state index contributed by atoms with van der Waals surface area (Å²) in [7, 11) is 1.55. The summed E-state index contributed by atoms with van der Waals surface area (Å²) in [6.07, 6.45) is 0.587. The molecular weight excluding hydrogens is 277 g/mol. The van der Waals surface area contributed by atoms with Crippen LogP contribution in [0.4, 0.5) is 4.39 Å². The van der Waals surface area contributed by atoms with Gasteiger partial charge in [0, 0.05) is 32.4 Å². The highest BCUT2D eigenvalue weighted by molar-refractivity contribution is 5.94. The molecular formula is C15H20FNO4. The van der Waals surface area contributed by atoms with Crippen LogP contribution in [0.3, 0.4) is 0 Å². The number of carbonyl (C=O) groups is 2. The first-order chi connectivity index (χ1) is 9.95. The van der Waals surface area contributed by atoms with Crippen molar-refractivity contribution in [1.29, 1.82) is 0 Å². The van der Waals surface area contributed by atoms with Gasteiger partial charge in [0.1, 0.15) is 5.82 Å². The van der Waals surface area contributed by atoms with E-state index < -0.39 is 17.7 Å². The van der Waals surface area contributed by atoms with Crippen molar-refractivity contribution in [3.05, 3.63) is 35.6 Å². The number of hydrogen-bond acceptors (Lipinski definition) is 3. The average molecular weight is 297 g/mol. The van der Waals surface area contributed by atoms with E-state index >= 15 is 0 Å². The number of amides is 1. The van der Waals surface area contributed by atoms with Crippen LogP contribution in [0.1, 0.15) is 23.7 Å². The smallest absolute Gasteiger partial charge is 0.308 e. The van der Waals surface area contributed by atoms with Gasteiger partial charge in [-0.1, -0.05) is 13.0 Å². The van der Waals surface area contributed by atoms with Crippen molar-refractivity contribution < 1.29 is 23.8 Å². The maximum absolute atomic E-state index is 13.2. The summed E-state index contributed by atoms with van der Waals surface area (Å²) in [5.41, 5.74) is 0.213. The van der Waals surface area contributed by atoms with E-state index in [0.717, 1.165) is 6.07 Å². The molecule has 0 bridgehead atoms. The predicted octanol–water partition coefficient (Wildman–Crippen LogP) is 2.03. The summed E-state index contributed by atoms with van der Waals surface area (Å²) in [5.74, 6) is -2.54. The average Bonchev–Trinajstić information content (AvgIpc) is 2.45. The number of carboxylic acid groups (broad SMARTS) is 1. The van der Waals surface area contributed by atoms with E-state index in [0.29, 0.717) is 19.6 Å². The van der Waals surface area contributed by atoms with Gasteiger partial charge in [0.05, 0.1) is 5.92 Å². The Labute approximate surface area is 123 Å². The van der Waals surface area contributed by atoms with Gasteiger partial charge in [-0.25, -0.2) is 4.39 Å². The number of carbonyl (C=O) groups excluding carboxylic acids is 1. The van der Waals surface area contributed by atoms with Crippen LogP contribution in [0.25, 0.3) is 0 Å². The highest BCUT2D eigenvalue weighted by atomic mass is 19.1. The van der Waals surface area contributed by atoms with Crippen molar-refractivity contribution in [2.75, 3.05) is 26.8 Å². The maximum Gasteiger partial charge on any atom is 0.308 e. The molecule has 1 atom stereocenters. The third-order valence-electron chi connectivity index (χ3n) is 3.05. The molecule has 0 heterocycles. The van der Waals surface area contributed by atoms with E-state index in [1.165, 1.54) is 30.0 Å². The molecule has 1 aromatic rings. The Bertz CT molecular complexity index is 492. The third-order valence-corrected chi connectivity index (χ3v) is 3.05. The molecule has 6 heteroatoms. The molecule has 5 nitrogen and oxygen atoms in total. The summed E-state index contributed by atoms with van der Waals surface area (Å²) in [4.78, 5) is 24.8. The largest absolute Gasteiger partial charge is 0.481 e. The Balaban J connectivity index is 2.83. The molecule has 0 fully saturated rings. The van der Waals surface area contributed by atoms with E-state index in [1.54, 1.807) is 7.11 Å². The van der Waals surface area contributed by atoms with Gasteiger partial charge in [-0.3, -0.25) is 9.59 Å². The SMILES string of the molecule is COCCCN(CC(C)C(=O)O)C(=O)c1cccc(F)c1. The fraction of sp³-hybridized carbons (Fsp3) is 0.467. The van der Waals surface area contributed by atoms with Gasteiger partial charge in [0.15, 0.2) is 0 Å². The zero-order chi connectivity index (χ0) is 15.8. The third kappa shape index (κ3) is 5.51. The minimum Gasteiger partial charge on any atom is -0.481 e. The summed E-state index contributed by atoms with van der Waals surface area (Å²) in [6, 6.07) is 5.37. The maximum atomic E-state index is 13.2. The molecule has 21 heavy (non-hydrogen) atoms. The lowest BCUT2D eigenvalue weighted by Gasteiger charge is -2.24. The summed E-state index contributed by atoms with van der Waals surface area (Å²) in [6.45, 7) is 2.44. The molecule has 1 N–H and O–H groups in total. The highest BCUT2D eigenvalue weighted by Gasteiger charge is 2.21. The highest BCUT2D eigenvalue weighted by Crippen LogP contribution is 2.10. The standard InChI is InChI=1S/C15H20FNO4/c1-11(15(19)20)10-17(7-4-8-21-2)14(18)12-5-3-6-13(16)9-12/h3,5-6,9,11H,4,7-8,10H2,1-2H3,(H,19,20). The van der Waals surface area contributed by atoms with Crippen LogP contribution in [0.2, 0.25) is 0 Å². The van der Waals surface area contributed by atoms with Crippen LogP contribution >= 0.6 is 0 Å². The van der Waals surface area contributed by atoms with Gasteiger partial charge in [-0.15, -0.1) is 0 Å². The summed E-state index contributed by atoms with van der Waals surface area (Å²) >= 11 is 0. The van der Waals surface area contributed by atoms with E-state index in [-0.39, 0.29) is 18.0 Å². The van der Waals surface area contributed by atoms with Gasteiger partial charge in [0.2, 0.25) is 0 Å². The molecule has 1 aromatic carbocycles. The first-order valence-corrected chi connectivity index (χ1v) is 6.72. The number of aliphatic carboxylic acids is 1. The van der Waals surface area contributed by atoms with Gasteiger partial charge < -0.3 is 14.7 Å². The number of hydrogen-bond donors (Lipinski definition) is 1. The minimum atomic E-state index is -0.973. The summed E-state index contributed by atoms with van der Waals surface area (Å²) in [5, 5.41) is 8.98. The summed E-state index contributed by atoms with van der Waals surface area (Å²) < 4.78 is 18.1. The Hall–Kier alpha value is -1.95. The topological polar surface area (TPSA) is 66.8 Å². The molecule has 0 aliphatic carbocycles. The zero-order valence-electron chi connectivity index (χ0n) is 12.2. The van der Waals surface area contributed by atoms with Crippen LogP contribution in [-0.2, 0) is 9.53 Å². The van der Waals surface area contributed by atoms with E-state index in [4.69, 9.17) is 9.84 Å². The van der Waals surface area contributed by atoms with Crippen LogP contribution < -0.4 is 0 Å². The normalized spacial score (nSPS) is 12.0. The molecule has 116 valence electrons. The minimum absolute atomic E-state index is 0.0778. The Morgan fingerprint density at radius 1 is 1.43 bits per heavy atom. The van der Waals surface area contributed by atoms with E-state index in [1.807, 2.05) is 0 Å². The molecule has 0 aliphatic rings. The lowest BCUT2D eigenvalue weighted by molar-refractivity contribution is -0.141. The molecule has 1 amide bonds. The number of ether oxygens (including phenoxy) is 1. The first kappa shape index (κ1) is 17.1. The number of carboxylic acids is 1. The lowest BCUT2D eigenvalue weighted by atomic mass is 10.1. The number of rotatable bonds is 8. The molecule has 0 saturated carbocycles. The van der Waals surface area contributed by atoms with Gasteiger partial charge in [0.25, 0.3) is 5.91 Å². The van der Waals surface area contributed by atoms with Gasteiger partial charge in [-0.05, 0) is 24.6 Å². The molecule has 1 unspecified atom stereocenters. The number of halogens is 1. The Kier molecular flexibility index (Phi) is 6.81. The van der Waals surface area contributed by atoms with Crippen molar-refractivity contribution in [2.45, 2.75) is 13.3 Å². The number of methoxy groups -OCH3 is 1. The molecule has 0 aromatic heterocycles. The number of nitrogens with zero attached hydrogens (tertiary/aromatic N) is 1. The van der Waals surface area contributed by atoms with E-state index in [9.17, 15) is 14.0 Å². The van der Waals surface area contributed by atoms with Gasteiger partial charge >= 0.3 is 5.97 Å². The molecule has 0 spiro atoms. The lowest BCUT2D eigenvalue weighted by Crippen LogP contribution is -2.38. The molecule has 0 radical (unpaired) electrons. The Morgan fingerprint density at radius 2 is 2.14 bits per heavy atom. The van der Waals surface area contributed by atoms with Crippen molar-refractivity contribution in [3.8, 4) is 0 Å². The van der Waals surface area contributed by atoms with Crippen LogP contribution in [0.5, 0.6) is 0 Å². The quantitative estimate of drug-likeness (QED) is 0.746.